The Bertz CT molecular complexity index is 804. The molecule has 3 rings (SSSR count). The van der Waals surface area contributed by atoms with E-state index in [4.69, 9.17) is 0 Å². The Balaban J connectivity index is 1.70. The number of halogens is 1. The van der Waals surface area contributed by atoms with Crippen LogP contribution in [0.25, 0.3) is 0 Å². The Morgan fingerprint density at radius 1 is 1.21 bits per heavy atom. The monoisotopic (exact) mass is 386 g/mol. The van der Waals surface area contributed by atoms with Gasteiger partial charge in [0.15, 0.2) is 0 Å². The van der Waals surface area contributed by atoms with E-state index in [2.05, 4.69) is 21.2 Å². The van der Waals surface area contributed by atoms with Gasteiger partial charge in [-0.3, -0.25) is 9.59 Å². The first kappa shape index (κ1) is 16.7. The molecule has 1 aliphatic rings. The van der Waals surface area contributed by atoms with Gasteiger partial charge in [0.2, 0.25) is 11.8 Å². The van der Waals surface area contributed by atoms with Crippen molar-refractivity contribution in [3.8, 4) is 0 Å². The Labute approximate surface area is 150 Å². The second-order valence-corrected chi connectivity index (χ2v) is 7.05. The molecule has 24 heavy (non-hydrogen) atoms. The van der Waals surface area contributed by atoms with E-state index in [-0.39, 0.29) is 24.2 Å². The highest BCUT2D eigenvalue weighted by Crippen LogP contribution is 2.27. The van der Waals surface area contributed by atoms with E-state index in [1.165, 1.54) is 0 Å². The van der Waals surface area contributed by atoms with Gasteiger partial charge in [-0.05, 0) is 55.3 Å². The zero-order chi connectivity index (χ0) is 17.3. The Hall–Kier alpha value is -2.14. The van der Waals surface area contributed by atoms with Crippen molar-refractivity contribution in [3.63, 3.8) is 0 Å². The van der Waals surface area contributed by atoms with Gasteiger partial charge >= 0.3 is 0 Å². The molecule has 0 saturated carbocycles. The third kappa shape index (κ3) is 3.51. The van der Waals surface area contributed by atoms with Crippen LogP contribution in [0.3, 0.4) is 0 Å². The van der Waals surface area contributed by atoms with Crippen molar-refractivity contribution >= 4 is 39.1 Å². The molecule has 0 radical (unpaired) electrons. The van der Waals surface area contributed by atoms with Gasteiger partial charge in [-0.1, -0.05) is 28.1 Å². The van der Waals surface area contributed by atoms with E-state index >= 15 is 0 Å². The highest BCUT2D eigenvalue weighted by Gasteiger charge is 2.35. The minimum absolute atomic E-state index is 0.00673. The molecule has 1 fully saturated rings. The molecule has 2 amide bonds. The topological polar surface area (TPSA) is 49.4 Å². The molecule has 1 atom stereocenters. The number of carbonyl (C=O) groups is 2. The van der Waals surface area contributed by atoms with E-state index in [0.717, 1.165) is 27.0 Å². The molecular weight excluding hydrogens is 368 g/mol. The van der Waals surface area contributed by atoms with Crippen LogP contribution in [0.5, 0.6) is 0 Å². The van der Waals surface area contributed by atoms with Crippen molar-refractivity contribution in [1.82, 2.24) is 0 Å². The maximum Gasteiger partial charge on any atom is 0.229 e. The van der Waals surface area contributed by atoms with Gasteiger partial charge in [0.05, 0.1) is 5.92 Å². The fraction of sp³-hybridized carbons (Fsp3) is 0.263. The summed E-state index contributed by atoms with van der Waals surface area (Å²) in [6, 6.07) is 13.5. The lowest BCUT2D eigenvalue weighted by Gasteiger charge is -2.17. The largest absolute Gasteiger partial charge is 0.326 e. The summed E-state index contributed by atoms with van der Waals surface area (Å²) in [4.78, 5) is 26.5. The highest BCUT2D eigenvalue weighted by molar-refractivity contribution is 9.10. The third-order valence-corrected chi connectivity index (χ3v) is 5.12. The molecule has 5 heteroatoms. The first-order valence-corrected chi connectivity index (χ1v) is 8.67. The van der Waals surface area contributed by atoms with Crippen molar-refractivity contribution in [2.24, 2.45) is 5.92 Å². The van der Waals surface area contributed by atoms with Crippen LogP contribution in [0.1, 0.15) is 17.5 Å². The summed E-state index contributed by atoms with van der Waals surface area (Å²) in [7, 11) is 0. The molecule has 124 valence electrons. The molecule has 0 bridgehead atoms. The van der Waals surface area contributed by atoms with Crippen LogP contribution in [0, 0.1) is 19.8 Å². The van der Waals surface area contributed by atoms with Crippen LogP contribution in [0.4, 0.5) is 11.4 Å². The summed E-state index contributed by atoms with van der Waals surface area (Å²) in [5.74, 6) is -0.449. The Morgan fingerprint density at radius 2 is 2.00 bits per heavy atom. The fourth-order valence-electron chi connectivity index (χ4n) is 2.90. The zero-order valence-corrected chi connectivity index (χ0v) is 15.3. The van der Waals surface area contributed by atoms with E-state index in [0.29, 0.717) is 6.54 Å². The molecule has 1 aliphatic heterocycles. The third-order valence-electron chi connectivity index (χ3n) is 4.23. The molecule has 1 saturated heterocycles. The highest BCUT2D eigenvalue weighted by atomic mass is 79.9. The molecule has 0 unspecified atom stereocenters. The minimum atomic E-state index is -0.332. The maximum atomic E-state index is 12.5. The Morgan fingerprint density at radius 3 is 2.71 bits per heavy atom. The van der Waals surface area contributed by atoms with Gasteiger partial charge in [-0.2, -0.15) is 0 Å². The average molecular weight is 387 g/mol. The van der Waals surface area contributed by atoms with Crippen molar-refractivity contribution in [2.45, 2.75) is 20.3 Å². The number of hydrogen-bond acceptors (Lipinski definition) is 2. The number of carbonyl (C=O) groups excluding carboxylic acids is 2. The maximum absolute atomic E-state index is 12.5. The van der Waals surface area contributed by atoms with E-state index < -0.39 is 0 Å². The number of nitrogens with one attached hydrogen (secondary N) is 1. The van der Waals surface area contributed by atoms with E-state index in [1.54, 1.807) is 4.90 Å². The second-order valence-electron chi connectivity index (χ2n) is 6.20. The van der Waals surface area contributed by atoms with Gasteiger partial charge in [0.1, 0.15) is 0 Å². The fourth-order valence-corrected chi connectivity index (χ4v) is 3.14. The van der Waals surface area contributed by atoms with Crippen LogP contribution >= 0.6 is 15.9 Å². The molecule has 0 aromatic heterocycles. The quantitative estimate of drug-likeness (QED) is 0.864. The zero-order valence-electron chi connectivity index (χ0n) is 13.7. The average Bonchev–Trinajstić information content (AvgIpc) is 2.93. The number of amides is 2. The first-order valence-electron chi connectivity index (χ1n) is 7.88. The molecule has 1 heterocycles. The molecular formula is C19H19BrN2O2. The van der Waals surface area contributed by atoms with Crippen molar-refractivity contribution < 1.29 is 9.59 Å². The summed E-state index contributed by atoms with van der Waals surface area (Å²) in [6.45, 7) is 4.38. The van der Waals surface area contributed by atoms with Crippen LogP contribution in [0.15, 0.2) is 46.9 Å². The van der Waals surface area contributed by atoms with Crippen LogP contribution < -0.4 is 10.2 Å². The van der Waals surface area contributed by atoms with Crippen LogP contribution in [-0.4, -0.2) is 18.4 Å². The van der Waals surface area contributed by atoms with E-state index in [9.17, 15) is 9.59 Å². The number of nitrogens with zero attached hydrogens (tertiary/aromatic N) is 1. The first-order chi connectivity index (χ1) is 11.4. The normalized spacial score (nSPS) is 17.2. The van der Waals surface area contributed by atoms with Crippen LogP contribution in [0.2, 0.25) is 0 Å². The number of benzene rings is 2. The van der Waals surface area contributed by atoms with E-state index in [1.807, 2.05) is 56.3 Å². The summed E-state index contributed by atoms with van der Waals surface area (Å²) >= 11 is 3.45. The number of rotatable bonds is 3. The summed E-state index contributed by atoms with van der Waals surface area (Å²) in [5, 5.41) is 2.92. The van der Waals surface area contributed by atoms with Crippen molar-refractivity contribution in [3.05, 3.63) is 58.1 Å². The van der Waals surface area contributed by atoms with Gasteiger partial charge in [0, 0.05) is 28.8 Å². The van der Waals surface area contributed by atoms with Crippen LogP contribution in [-0.2, 0) is 9.59 Å². The molecule has 0 aliphatic carbocycles. The SMILES string of the molecule is Cc1cccc(N2C[C@@H](C(=O)Nc3ccc(Br)c(C)c3)CC2=O)c1. The molecule has 0 spiro atoms. The van der Waals surface area contributed by atoms with Gasteiger partial charge < -0.3 is 10.2 Å². The van der Waals surface area contributed by atoms with Gasteiger partial charge in [-0.15, -0.1) is 0 Å². The predicted octanol–water partition coefficient (Wildman–Crippen LogP) is 4.06. The second kappa shape index (κ2) is 6.77. The van der Waals surface area contributed by atoms with Gasteiger partial charge in [-0.25, -0.2) is 0 Å². The smallest absolute Gasteiger partial charge is 0.229 e. The molecule has 2 aromatic rings. The Kier molecular flexibility index (Phi) is 4.71. The summed E-state index contributed by atoms with van der Waals surface area (Å²) in [5.41, 5.74) is 3.76. The lowest BCUT2D eigenvalue weighted by atomic mass is 10.1. The standard InChI is InChI=1S/C19H19BrN2O2/c1-12-4-3-5-16(8-12)22-11-14(10-18(22)23)19(24)21-15-6-7-17(20)13(2)9-15/h3-9,14H,10-11H2,1-2H3,(H,21,24)/t14-/m0/s1. The summed E-state index contributed by atoms with van der Waals surface area (Å²) in [6.07, 6.45) is 0.245. The summed E-state index contributed by atoms with van der Waals surface area (Å²) < 4.78 is 1.00. The number of aryl methyl sites for hydroxylation is 2. The molecule has 4 nitrogen and oxygen atoms in total. The lowest BCUT2D eigenvalue weighted by molar-refractivity contribution is -0.122. The van der Waals surface area contributed by atoms with Gasteiger partial charge in [0.25, 0.3) is 0 Å². The number of hydrogen-bond donors (Lipinski definition) is 1. The molecule has 2 aromatic carbocycles. The minimum Gasteiger partial charge on any atom is -0.326 e. The van der Waals surface area contributed by atoms with Crippen molar-refractivity contribution in [1.29, 1.82) is 0 Å². The predicted molar refractivity (Wildman–Crippen MR) is 99.1 cm³/mol. The number of anilines is 2. The lowest BCUT2D eigenvalue weighted by Crippen LogP contribution is -2.28. The molecule has 1 N–H and O–H groups in total. The van der Waals surface area contributed by atoms with Crippen molar-refractivity contribution in [2.75, 3.05) is 16.8 Å².